The van der Waals surface area contributed by atoms with Gasteiger partial charge < -0.3 is 26.0 Å². The lowest BCUT2D eigenvalue weighted by Crippen LogP contribution is -2.43. The molecule has 2 aromatic heterocycles. The van der Waals surface area contributed by atoms with E-state index in [1.807, 2.05) is 25.3 Å². The van der Waals surface area contributed by atoms with E-state index in [1.165, 1.54) is 18.4 Å². The smallest absolute Gasteiger partial charge is 0.135 e. The van der Waals surface area contributed by atoms with Gasteiger partial charge in [-0.1, -0.05) is 6.07 Å². The summed E-state index contributed by atoms with van der Waals surface area (Å²) in [6, 6.07) is 8.24. The standard InChI is InChI=1S/C20H28N6O/c1-14(13-27)23-19-10-17(26-8-6-21-7-9-26)11-20(25-19)24-18-5-4-16(12-22-18)15-2-3-15/h4-5,10-12,14-15,21,27H,2-3,6-9,13H2,1H3,(H2,22,23,24,25)/t14-/m0/s1. The second-order valence-electron chi connectivity index (χ2n) is 7.44. The third-order valence-electron chi connectivity index (χ3n) is 5.05. The predicted octanol–water partition coefficient (Wildman–Crippen LogP) is 2.30. The van der Waals surface area contributed by atoms with E-state index in [0.717, 1.165) is 49.3 Å². The van der Waals surface area contributed by atoms with Crippen molar-refractivity contribution in [3.8, 4) is 0 Å². The first-order valence-electron chi connectivity index (χ1n) is 9.79. The summed E-state index contributed by atoms with van der Waals surface area (Å²) in [4.78, 5) is 11.6. The Hall–Kier alpha value is -2.38. The van der Waals surface area contributed by atoms with Gasteiger partial charge in [0.1, 0.15) is 17.5 Å². The van der Waals surface area contributed by atoms with Crippen molar-refractivity contribution in [3.63, 3.8) is 0 Å². The topological polar surface area (TPSA) is 85.3 Å². The van der Waals surface area contributed by atoms with Gasteiger partial charge in [-0.2, -0.15) is 0 Å². The third kappa shape index (κ3) is 4.67. The Morgan fingerprint density at radius 1 is 1.19 bits per heavy atom. The zero-order valence-electron chi connectivity index (χ0n) is 15.8. The number of aliphatic hydroxyl groups is 1. The van der Waals surface area contributed by atoms with Crippen LogP contribution in [-0.4, -0.2) is 53.9 Å². The van der Waals surface area contributed by atoms with Gasteiger partial charge in [-0.3, -0.25) is 0 Å². The largest absolute Gasteiger partial charge is 0.394 e. The fourth-order valence-electron chi connectivity index (χ4n) is 3.33. The van der Waals surface area contributed by atoms with Crippen molar-refractivity contribution in [2.45, 2.75) is 31.7 Å². The molecule has 1 atom stereocenters. The Labute approximate surface area is 160 Å². The van der Waals surface area contributed by atoms with Gasteiger partial charge in [0.05, 0.1) is 6.61 Å². The van der Waals surface area contributed by atoms with Gasteiger partial charge in [-0.15, -0.1) is 0 Å². The molecule has 0 spiro atoms. The lowest BCUT2D eigenvalue weighted by atomic mass is 10.2. The van der Waals surface area contributed by atoms with Gasteiger partial charge in [0.25, 0.3) is 0 Å². The molecule has 1 aliphatic carbocycles. The number of anilines is 4. The molecule has 0 aromatic carbocycles. The predicted molar refractivity (Wildman–Crippen MR) is 109 cm³/mol. The SMILES string of the molecule is C[C@@H](CO)Nc1cc(N2CCNCC2)cc(Nc2ccc(C3CC3)cn2)n1. The van der Waals surface area contributed by atoms with Crippen molar-refractivity contribution in [3.05, 3.63) is 36.0 Å². The maximum Gasteiger partial charge on any atom is 0.135 e. The molecule has 7 heteroatoms. The summed E-state index contributed by atoms with van der Waals surface area (Å²) in [5.41, 5.74) is 2.44. The molecule has 2 aliphatic rings. The van der Waals surface area contributed by atoms with E-state index >= 15 is 0 Å². The van der Waals surface area contributed by atoms with E-state index in [0.29, 0.717) is 5.92 Å². The molecule has 4 N–H and O–H groups in total. The van der Waals surface area contributed by atoms with E-state index in [2.05, 4.69) is 43.0 Å². The maximum absolute atomic E-state index is 9.36. The molecule has 0 radical (unpaired) electrons. The minimum absolute atomic E-state index is 0.0560. The minimum Gasteiger partial charge on any atom is -0.394 e. The summed E-state index contributed by atoms with van der Waals surface area (Å²) in [7, 11) is 0. The summed E-state index contributed by atoms with van der Waals surface area (Å²) in [6.45, 7) is 5.88. The summed E-state index contributed by atoms with van der Waals surface area (Å²) in [6.07, 6.45) is 4.52. The molecule has 2 fully saturated rings. The molecule has 27 heavy (non-hydrogen) atoms. The van der Waals surface area contributed by atoms with E-state index in [-0.39, 0.29) is 12.6 Å². The number of hydrogen-bond donors (Lipinski definition) is 4. The highest BCUT2D eigenvalue weighted by Crippen LogP contribution is 2.39. The third-order valence-corrected chi connectivity index (χ3v) is 5.05. The van der Waals surface area contributed by atoms with Crippen molar-refractivity contribution in [2.75, 3.05) is 48.3 Å². The van der Waals surface area contributed by atoms with Crippen LogP contribution in [0.4, 0.5) is 23.1 Å². The lowest BCUT2D eigenvalue weighted by Gasteiger charge is -2.30. The van der Waals surface area contributed by atoms with E-state index in [9.17, 15) is 5.11 Å². The molecular weight excluding hydrogens is 340 g/mol. The van der Waals surface area contributed by atoms with Crippen molar-refractivity contribution >= 4 is 23.1 Å². The highest BCUT2D eigenvalue weighted by Gasteiger charge is 2.23. The van der Waals surface area contributed by atoms with Gasteiger partial charge in [-0.05, 0) is 37.3 Å². The summed E-state index contributed by atoms with van der Waals surface area (Å²) in [5.74, 6) is 3.01. The van der Waals surface area contributed by atoms with Crippen LogP contribution in [0.15, 0.2) is 30.5 Å². The van der Waals surface area contributed by atoms with Crippen LogP contribution in [0.2, 0.25) is 0 Å². The molecule has 0 unspecified atom stereocenters. The first-order valence-corrected chi connectivity index (χ1v) is 9.79. The summed E-state index contributed by atoms with van der Waals surface area (Å²) < 4.78 is 0. The molecule has 3 heterocycles. The van der Waals surface area contributed by atoms with Crippen molar-refractivity contribution in [1.29, 1.82) is 0 Å². The number of aliphatic hydroxyl groups excluding tert-OH is 1. The summed E-state index contributed by atoms with van der Waals surface area (Å²) in [5, 5.41) is 19.3. The minimum atomic E-state index is -0.0560. The van der Waals surface area contributed by atoms with Crippen LogP contribution in [0.3, 0.4) is 0 Å². The van der Waals surface area contributed by atoms with Crippen LogP contribution < -0.4 is 20.9 Å². The number of pyridine rings is 2. The molecule has 144 valence electrons. The van der Waals surface area contributed by atoms with Crippen LogP contribution in [0.5, 0.6) is 0 Å². The number of rotatable bonds is 7. The zero-order valence-corrected chi connectivity index (χ0v) is 15.8. The van der Waals surface area contributed by atoms with Crippen LogP contribution in [0, 0.1) is 0 Å². The normalized spacial score (nSPS) is 18.2. The summed E-state index contributed by atoms with van der Waals surface area (Å²) >= 11 is 0. The van der Waals surface area contributed by atoms with Crippen molar-refractivity contribution < 1.29 is 5.11 Å². The van der Waals surface area contributed by atoms with Crippen LogP contribution in [0.1, 0.15) is 31.2 Å². The second kappa shape index (κ2) is 8.10. The van der Waals surface area contributed by atoms with E-state index in [1.54, 1.807) is 0 Å². The highest BCUT2D eigenvalue weighted by atomic mass is 16.3. The Morgan fingerprint density at radius 3 is 2.63 bits per heavy atom. The quantitative estimate of drug-likeness (QED) is 0.597. The Kier molecular flexibility index (Phi) is 5.40. The fraction of sp³-hybridized carbons (Fsp3) is 0.500. The van der Waals surface area contributed by atoms with Crippen molar-refractivity contribution in [1.82, 2.24) is 15.3 Å². The average molecular weight is 368 g/mol. The van der Waals surface area contributed by atoms with E-state index in [4.69, 9.17) is 0 Å². The average Bonchev–Trinajstić information content (AvgIpc) is 3.54. The zero-order chi connectivity index (χ0) is 18.6. The Bertz CT molecular complexity index is 756. The molecule has 1 aliphatic heterocycles. The Morgan fingerprint density at radius 2 is 1.96 bits per heavy atom. The highest BCUT2D eigenvalue weighted by molar-refractivity contribution is 5.65. The molecule has 7 nitrogen and oxygen atoms in total. The van der Waals surface area contributed by atoms with E-state index < -0.39 is 0 Å². The fourth-order valence-corrected chi connectivity index (χ4v) is 3.33. The van der Waals surface area contributed by atoms with Gasteiger partial charge >= 0.3 is 0 Å². The van der Waals surface area contributed by atoms with Crippen LogP contribution in [0.25, 0.3) is 0 Å². The number of piperazine rings is 1. The second-order valence-corrected chi connectivity index (χ2v) is 7.44. The monoisotopic (exact) mass is 368 g/mol. The number of nitrogens with zero attached hydrogens (tertiary/aromatic N) is 3. The molecule has 0 amide bonds. The lowest BCUT2D eigenvalue weighted by molar-refractivity contribution is 0.281. The first kappa shape index (κ1) is 18.0. The van der Waals surface area contributed by atoms with Crippen LogP contribution >= 0.6 is 0 Å². The van der Waals surface area contributed by atoms with Gasteiger partial charge in [-0.25, -0.2) is 9.97 Å². The molecule has 1 saturated carbocycles. The molecule has 4 rings (SSSR count). The first-order chi connectivity index (χ1) is 13.2. The number of hydrogen-bond acceptors (Lipinski definition) is 7. The van der Waals surface area contributed by atoms with Gasteiger partial charge in [0, 0.05) is 56.2 Å². The van der Waals surface area contributed by atoms with Crippen LogP contribution in [-0.2, 0) is 0 Å². The van der Waals surface area contributed by atoms with Gasteiger partial charge in [0.15, 0.2) is 0 Å². The number of nitrogens with one attached hydrogen (secondary N) is 3. The van der Waals surface area contributed by atoms with Gasteiger partial charge in [0.2, 0.25) is 0 Å². The molecule has 0 bridgehead atoms. The van der Waals surface area contributed by atoms with Crippen molar-refractivity contribution in [2.24, 2.45) is 0 Å². The number of aromatic nitrogens is 2. The molecule has 1 saturated heterocycles. The molecular formula is C20H28N6O. The Balaban J connectivity index is 1.56. The maximum atomic E-state index is 9.36. The molecule has 2 aromatic rings.